The van der Waals surface area contributed by atoms with Gasteiger partial charge in [0.2, 0.25) is 0 Å². The molecular weight excluding hydrogens is 316 g/mol. The molecule has 2 aromatic rings. The Morgan fingerprint density at radius 3 is 2.82 bits per heavy atom. The average Bonchev–Trinajstić information content (AvgIpc) is 2.81. The molecule has 0 aliphatic heterocycles. The summed E-state index contributed by atoms with van der Waals surface area (Å²) in [5.41, 5.74) is 6.07. The molecule has 17 heavy (non-hydrogen) atoms. The van der Waals surface area contributed by atoms with Crippen LogP contribution >= 0.6 is 39.0 Å². The second-order valence-corrected chi connectivity index (χ2v) is 6.67. The molecule has 2 unspecified atom stereocenters. The van der Waals surface area contributed by atoms with Crippen LogP contribution in [0.5, 0.6) is 0 Å². The number of hydrogen-bond donors (Lipinski definition) is 1. The molecule has 90 valence electrons. The Morgan fingerprint density at radius 2 is 2.24 bits per heavy atom. The summed E-state index contributed by atoms with van der Waals surface area (Å²) in [4.78, 5) is 5.67. The maximum atomic E-state index is 6.07. The van der Waals surface area contributed by atoms with Crippen LogP contribution in [0.25, 0.3) is 0 Å². The Kier molecular flexibility index (Phi) is 4.62. The first-order valence-corrected chi connectivity index (χ1v) is 7.80. The van der Waals surface area contributed by atoms with E-state index in [9.17, 15) is 0 Å². The van der Waals surface area contributed by atoms with Crippen molar-refractivity contribution in [3.8, 4) is 0 Å². The summed E-state index contributed by atoms with van der Waals surface area (Å²) in [5, 5.41) is 3.32. The van der Waals surface area contributed by atoms with Gasteiger partial charge in [0.1, 0.15) is 5.03 Å². The number of rotatable bonds is 4. The highest BCUT2D eigenvalue weighted by Gasteiger charge is 2.20. The van der Waals surface area contributed by atoms with E-state index in [1.165, 1.54) is 4.88 Å². The van der Waals surface area contributed by atoms with Gasteiger partial charge in [0.05, 0.1) is 5.25 Å². The summed E-state index contributed by atoms with van der Waals surface area (Å²) in [6, 6.07) is 8.20. The molecule has 5 heteroatoms. The lowest BCUT2D eigenvalue weighted by Crippen LogP contribution is -2.22. The molecule has 0 aliphatic rings. The fraction of sp³-hybridized carbons (Fsp3) is 0.250. The molecule has 2 aromatic heterocycles. The van der Waals surface area contributed by atoms with E-state index in [1.54, 1.807) is 29.3 Å². The van der Waals surface area contributed by atoms with Gasteiger partial charge in [-0.2, -0.15) is 0 Å². The highest BCUT2D eigenvalue weighted by atomic mass is 79.9. The second-order valence-electron chi connectivity index (χ2n) is 3.70. The summed E-state index contributed by atoms with van der Waals surface area (Å²) in [5.74, 6) is 0. The van der Waals surface area contributed by atoms with Crippen LogP contribution in [0.2, 0.25) is 0 Å². The van der Waals surface area contributed by atoms with Crippen molar-refractivity contribution in [2.24, 2.45) is 5.73 Å². The number of nitrogens with zero attached hydrogens (tertiary/aromatic N) is 1. The molecular formula is C12H13BrN2S2. The topological polar surface area (TPSA) is 38.9 Å². The molecule has 2 heterocycles. The smallest absolute Gasteiger partial charge is 0.111 e. The van der Waals surface area contributed by atoms with Crippen LogP contribution in [0.1, 0.15) is 17.1 Å². The van der Waals surface area contributed by atoms with Crippen molar-refractivity contribution in [3.63, 3.8) is 0 Å². The summed E-state index contributed by atoms with van der Waals surface area (Å²) in [7, 11) is 0. The number of nitrogens with two attached hydrogens (primary N) is 1. The molecule has 0 bridgehead atoms. The Hall–Kier alpha value is -0.360. The minimum absolute atomic E-state index is 0.0903. The van der Waals surface area contributed by atoms with Gasteiger partial charge in [-0.3, -0.25) is 0 Å². The summed E-state index contributed by atoms with van der Waals surface area (Å²) in [6.45, 7) is 2.04. The van der Waals surface area contributed by atoms with Crippen molar-refractivity contribution < 1.29 is 0 Å². The highest BCUT2D eigenvalue weighted by molar-refractivity contribution is 9.10. The molecule has 0 spiro atoms. The van der Waals surface area contributed by atoms with Crippen LogP contribution in [0.4, 0.5) is 0 Å². The number of hydrogen-bond acceptors (Lipinski definition) is 4. The van der Waals surface area contributed by atoms with E-state index < -0.39 is 0 Å². The van der Waals surface area contributed by atoms with E-state index in [4.69, 9.17) is 5.73 Å². The largest absolute Gasteiger partial charge is 0.327 e. The Morgan fingerprint density at radius 1 is 1.41 bits per heavy atom. The Labute approximate surface area is 118 Å². The first-order valence-electron chi connectivity index (χ1n) is 5.24. The number of halogens is 1. The number of pyridine rings is 1. The lowest BCUT2D eigenvalue weighted by molar-refractivity contribution is 0.728. The number of thioether (sulfide) groups is 1. The molecule has 0 aliphatic carbocycles. The standard InChI is InChI=1S/C12H13BrN2S2/c1-8(14)11(10-5-3-7-16-10)17-12-9(13)4-2-6-15-12/h2-8,11H,14H2,1H3. The van der Waals surface area contributed by atoms with E-state index in [0.717, 1.165) is 9.50 Å². The molecule has 2 N–H and O–H groups in total. The van der Waals surface area contributed by atoms with Gasteiger partial charge in [-0.05, 0) is 46.4 Å². The van der Waals surface area contributed by atoms with Crippen LogP contribution in [0.3, 0.4) is 0 Å². The minimum atomic E-state index is 0.0903. The third-order valence-electron chi connectivity index (χ3n) is 2.26. The van der Waals surface area contributed by atoms with Crippen molar-refractivity contribution in [1.29, 1.82) is 0 Å². The second kappa shape index (κ2) is 6.00. The molecule has 0 aromatic carbocycles. The van der Waals surface area contributed by atoms with Gasteiger partial charge in [-0.1, -0.05) is 17.8 Å². The molecule has 2 nitrogen and oxygen atoms in total. The SMILES string of the molecule is CC(N)C(Sc1ncccc1Br)c1cccs1. The van der Waals surface area contributed by atoms with Gasteiger partial charge in [-0.25, -0.2) is 4.98 Å². The zero-order chi connectivity index (χ0) is 12.3. The maximum Gasteiger partial charge on any atom is 0.111 e. The van der Waals surface area contributed by atoms with Gasteiger partial charge in [0.15, 0.2) is 0 Å². The van der Waals surface area contributed by atoms with Crippen molar-refractivity contribution in [2.75, 3.05) is 0 Å². The van der Waals surface area contributed by atoms with Crippen LogP contribution in [0.15, 0.2) is 45.3 Å². The zero-order valence-electron chi connectivity index (χ0n) is 9.34. The lowest BCUT2D eigenvalue weighted by Gasteiger charge is -2.18. The fourth-order valence-corrected chi connectivity index (χ4v) is 4.07. The van der Waals surface area contributed by atoms with E-state index >= 15 is 0 Å². The van der Waals surface area contributed by atoms with Crippen molar-refractivity contribution in [2.45, 2.75) is 23.2 Å². The zero-order valence-corrected chi connectivity index (χ0v) is 12.6. The first kappa shape index (κ1) is 13.1. The predicted molar refractivity (Wildman–Crippen MR) is 78.5 cm³/mol. The fourth-order valence-electron chi connectivity index (χ4n) is 1.46. The summed E-state index contributed by atoms with van der Waals surface area (Å²) < 4.78 is 1.02. The molecule has 2 atom stereocenters. The monoisotopic (exact) mass is 328 g/mol. The lowest BCUT2D eigenvalue weighted by atomic mass is 10.2. The normalized spacial score (nSPS) is 14.5. The first-order chi connectivity index (χ1) is 8.18. The molecule has 0 saturated carbocycles. The molecule has 0 amide bonds. The Bertz CT molecular complexity index is 471. The predicted octanol–water partition coefficient (Wildman–Crippen LogP) is 4.09. The van der Waals surface area contributed by atoms with E-state index in [-0.39, 0.29) is 11.3 Å². The number of thiophene rings is 1. The number of aromatic nitrogens is 1. The summed E-state index contributed by atoms with van der Waals surface area (Å²) in [6.07, 6.45) is 1.81. The van der Waals surface area contributed by atoms with Gasteiger partial charge in [0.25, 0.3) is 0 Å². The van der Waals surface area contributed by atoms with Gasteiger partial charge < -0.3 is 5.73 Å². The van der Waals surface area contributed by atoms with Gasteiger partial charge in [-0.15, -0.1) is 11.3 Å². The van der Waals surface area contributed by atoms with Crippen LogP contribution in [0, 0.1) is 0 Å². The third kappa shape index (κ3) is 3.31. The third-order valence-corrected chi connectivity index (χ3v) is 5.76. The van der Waals surface area contributed by atoms with Crippen LogP contribution < -0.4 is 5.73 Å². The van der Waals surface area contributed by atoms with E-state index in [1.807, 2.05) is 19.1 Å². The van der Waals surface area contributed by atoms with Crippen LogP contribution in [-0.2, 0) is 0 Å². The van der Waals surface area contributed by atoms with E-state index in [2.05, 4.69) is 38.4 Å². The summed E-state index contributed by atoms with van der Waals surface area (Å²) >= 11 is 6.97. The molecule has 0 radical (unpaired) electrons. The minimum Gasteiger partial charge on any atom is -0.327 e. The van der Waals surface area contributed by atoms with Gasteiger partial charge in [0, 0.05) is 21.6 Å². The average molecular weight is 329 g/mol. The maximum absolute atomic E-state index is 6.07. The quantitative estimate of drug-likeness (QED) is 0.859. The van der Waals surface area contributed by atoms with E-state index in [0.29, 0.717) is 0 Å². The molecule has 2 rings (SSSR count). The van der Waals surface area contributed by atoms with Crippen LogP contribution in [-0.4, -0.2) is 11.0 Å². The van der Waals surface area contributed by atoms with Crippen molar-refractivity contribution in [1.82, 2.24) is 4.98 Å². The van der Waals surface area contributed by atoms with Gasteiger partial charge >= 0.3 is 0 Å². The van der Waals surface area contributed by atoms with Crippen molar-refractivity contribution in [3.05, 3.63) is 45.2 Å². The molecule has 0 fully saturated rings. The molecule has 0 saturated heterocycles. The Balaban J connectivity index is 2.23. The van der Waals surface area contributed by atoms with Crippen molar-refractivity contribution >= 4 is 39.0 Å². The highest BCUT2D eigenvalue weighted by Crippen LogP contribution is 2.40.